The number of thiazole rings is 1. The van der Waals surface area contributed by atoms with Gasteiger partial charge in [-0.2, -0.15) is 5.10 Å². The van der Waals surface area contributed by atoms with Gasteiger partial charge < -0.3 is 4.90 Å². The number of carbonyl (C=O) groups is 1. The summed E-state index contributed by atoms with van der Waals surface area (Å²) >= 11 is 1.46. The van der Waals surface area contributed by atoms with Crippen molar-refractivity contribution in [1.29, 1.82) is 0 Å². The zero-order valence-corrected chi connectivity index (χ0v) is 14.0. The second-order valence-electron chi connectivity index (χ2n) is 5.93. The standard InChI is InChI=1S/C18H18N4OS/c23-18(16-12-19-17(24-16)14-6-2-1-3-7-14)21-10-4-8-15(13-21)22-11-5-9-20-22/h1-3,5-7,9,11-12,15H,4,8,10,13H2/t15-/m0/s1. The van der Waals surface area contributed by atoms with E-state index >= 15 is 0 Å². The number of likely N-dealkylation sites (tertiary alicyclic amines) is 1. The lowest BCUT2D eigenvalue weighted by Crippen LogP contribution is -2.40. The first kappa shape index (κ1) is 15.1. The van der Waals surface area contributed by atoms with Crippen LogP contribution in [0.5, 0.6) is 0 Å². The topological polar surface area (TPSA) is 51.0 Å². The molecular weight excluding hydrogens is 320 g/mol. The van der Waals surface area contributed by atoms with Crippen molar-refractivity contribution in [2.75, 3.05) is 13.1 Å². The minimum absolute atomic E-state index is 0.0755. The Labute approximate surface area is 144 Å². The fourth-order valence-electron chi connectivity index (χ4n) is 3.09. The van der Waals surface area contributed by atoms with Crippen LogP contribution in [-0.4, -0.2) is 38.7 Å². The molecule has 1 atom stereocenters. The van der Waals surface area contributed by atoms with E-state index in [0.717, 1.165) is 30.0 Å². The molecule has 1 aromatic carbocycles. The Kier molecular flexibility index (Phi) is 4.13. The second-order valence-corrected chi connectivity index (χ2v) is 6.96. The normalized spacial score (nSPS) is 17.8. The van der Waals surface area contributed by atoms with Crippen molar-refractivity contribution in [2.24, 2.45) is 0 Å². The smallest absolute Gasteiger partial charge is 0.265 e. The number of nitrogens with zero attached hydrogens (tertiary/aromatic N) is 4. The monoisotopic (exact) mass is 338 g/mol. The molecule has 1 amide bonds. The van der Waals surface area contributed by atoms with E-state index in [0.29, 0.717) is 11.4 Å². The Morgan fingerprint density at radius 3 is 2.88 bits per heavy atom. The maximum absolute atomic E-state index is 12.8. The molecule has 4 rings (SSSR count). The first-order chi connectivity index (χ1) is 11.8. The second kappa shape index (κ2) is 6.57. The van der Waals surface area contributed by atoms with Gasteiger partial charge in [-0.25, -0.2) is 4.98 Å². The van der Waals surface area contributed by atoms with Gasteiger partial charge in [0.25, 0.3) is 5.91 Å². The summed E-state index contributed by atoms with van der Waals surface area (Å²) in [5.41, 5.74) is 1.05. The summed E-state index contributed by atoms with van der Waals surface area (Å²) in [4.78, 5) is 19.9. The highest BCUT2D eigenvalue weighted by Crippen LogP contribution is 2.28. The summed E-state index contributed by atoms with van der Waals surface area (Å²) in [5.74, 6) is 0.0755. The predicted molar refractivity (Wildman–Crippen MR) is 94.0 cm³/mol. The molecule has 0 saturated carbocycles. The van der Waals surface area contributed by atoms with Crippen molar-refractivity contribution in [3.8, 4) is 10.6 Å². The minimum atomic E-state index is 0.0755. The van der Waals surface area contributed by atoms with Crippen LogP contribution in [0.3, 0.4) is 0 Å². The van der Waals surface area contributed by atoms with Gasteiger partial charge in [-0.05, 0) is 18.9 Å². The van der Waals surface area contributed by atoms with E-state index in [1.54, 1.807) is 12.4 Å². The maximum Gasteiger partial charge on any atom is 0.265 e. The van der Waals surface area contributed by atoms with Crippen LogP contribution in [0.4, 0.5) is 0 Å². The summed E-state index contributed by atoms with van der Waals surface area (Å²) in [7, 11) is 0. The quantitative estimate of drug-likeness (QED) is 0.734. The van der Waals surface area contributed by atoms with Gasteiger partial charge in [0.15, 0.2) is 0 Å². The summed E-state index contributed by atoms with van der Waals surface area (Å²) in [6.45, 7) is 1.51. The van der Waals surface area contributed by atoms with E-state index < -0.39 is 0 Å². The maximum atomic E-state index is 12.8. The van der Waals surface area contributed by atoms with Crippen molar-refractivity contribution in [3.63, 3.8) is 0 Å². The molecule has 0 unspecified atom stereocenters. The Hall–Kier alpha value is -2.47. The number of amides is 1. The van der Waals surface area contributed by atoms with Crippen LogP contribution in [-0.2, 0) is 0 Å². The molecule has 0 radical (unpaired) electrons. The Morgan fingerprint density at radius 2 is 2.08 bits per heavy atom. The molecule has 1 aliphatic heterocycles. The zero-order valence-electron chi connectivity index (χ0n) is 13.2. The van der Waals surface area contributed by atoms with E-state index in [-0.39, 0.29) is 11.9 Å². The lowest BCUT2D eigenvalue weighted by atomic mass is 10.1. The third kappa shape index (κ3) is 2.97. The van der Waals surface area contributed by atoms with E-state index in [9.17, 15) is 4.79 Å². The summed E-state index contributed by atoms with van der Waals surface area (Å²) in [6, 6.07) is 12.2. The first-order valence-electron chi connectivity index (χ1n) is 8.11. The van der Waals surface area contributed by atoms with Crippen molar-refractivity contribution >= 4 is 17.2 Å². The summed E-state index contributed by atoms with van der Waals surface area (Å²) in [6.07, 6.45) is 7.52. The van der Waals surface area contributed by atoms with Gasteiger partial charge in [0.05, 0.1) is 12.2 Å². The summed E-state index contributed by atoms with van der Waals surface area (Å²) < 4.78 is 1.96. The molecule has 24 heavy (non-hydrogen) atoms. The van der Waals surface area contributed by atoms with Crippen molar-refractivity contribution < 1.29 is 4.79 Å². The van der Waals surface area contributed by atoms with Crippen molar-refractivity contribution in [3.05, 3.63) is 59.9 Å². The van der Waals surface area contributed by atoms with Gasteiger partial charge in [-0.3, -0.25) is 9.48 Å². The fraction of sp³-hybridized carbons (Fsp3) is 0.278. The lowest BCUT2D eigenvalue weighted by molar-refractivity contribution is 0.0677. The fourth-order valence-corrected chi connectivity index (χ4v) is 3.98. The van der Waals surface area contributed by atoms with Crippen LogP contribution in [0.2, 0.25) is 0 Å². The van der Waals surface area contributed by atoms with Gasteiger partial charge in [0, 0.05) is 31.0 Å². The lowest BCUT2D eigenvalue weighted by Gasteiger charge is -2.32. The van der Waals surface area contributed by atoms with Crippen LogP contribution < -0.4 is 0 Å². The number of piperidine rings is 1. The largest absolute Gasteiger partial charge is 0.336 e. The predicted octanol–water partition coefficient (Wildman–Crippen LogP) is 3.48. The third-order valence-electron chi connectivity index (χ3n) is 4.32. The molecule has 6 heteroatoms. The van der Waals surface area contributed by atoms with Crippen LogP contribution in [0.1, 0.15) is 28.6 Å². The number of rotatable bonds is 3. The number of benzene rings is 1. The van der Waals surface area contributed by atoms with E-state index in [4.69, 9.17) is 0 Å². The van der Waals surface area contributed by atoms with Gasteiger partial charge in [0.2, 0.25) is 0 Å². The van der Waals surface area contributed by atoms with Crippen LogP contribution in [0, 0.1) is 0 Å². The van der Waals surface area contributed by atoms with Crippen molar-refractivity contribution in [1.82, 2.24) is 19.7 Å². The van der Waals surface area contributed by atoms with E-state index in [1.165, 1.54) is 11.3 Å². The first-order valence-corrected chi connectivity index (χ1v) is 8.92. The highest BCUT2D eigenvalue weighted by atomic mass is 32.1. The zero-order chi connectivity index (χ0) is 16.4. The Morgan fingerprint density at radius 1 is 1.21 bits per heavy atom. The van der Waals surface area contributed by atoms with E-state index in [1.807, 2.05) is 52.2 Å². The number of hydrogen-bond acceptors (Lipinski definition) is 4. The third-order valence-corrected chi connectivity index (χ3v) is 5.35. The highest BCUT2D eigenvalue weighted by molar-refractivity contribution is 7.16. The molecule has 1 fully saturated rings. The van der Waals surface area contributed by atoms with Gasteiger partial charge in [-0.15, -0.1) is 11.3 Å². The van der Waals surface area contributed by atoms with Gasteiger partial charge in [-0.1, -0.05) is 30.3 Å². The molecule has 0 N–H and O–H groups in total. The molecular formula is C18H18N4OS. The van der Waals surface area contributed by atoms with E-state index in [2.05, 4.69) is 10.1 Å². The molecule has 3 aromatic rings. The summed E-state index contributed by atoms with van der Waals surface area (Å²) in [5, 5.41) is 5.21. The minimum Gasteiger partial charge on any atom is -0.336 e. The van der Waals surface area contributed by atoms with Gasteiger partial charge in [0.1, 0.15) is 9.88 Å². The van der Waals surface area contributed by atoms with Crippen LogP contribution in [0.25, 0.3) is 10.6 Å². The number of carbonyl (C=O) groups excluding carboxylic acids is 1. The Bertz CT molecular complexity index is 813. The average Bonchev–Trinajstić information content (AvgIpc) is 3.34. The van der Waals surface area contributed by atoms with Crippen LogP contribution >= 0.6 is 11.3 Å². The van der Waals surface area contributed by atoms with Crippen molar-refractivity contribution in [2.45, 2.75) is 18.9 Å². The average molecular weight is 338 g/mol. The molecule has 1 aliphatic rings. The molecule has 0 aliphatic carbocycles. The number of aromatic nitrogens is 3. The Balaban J connectivity index is 1.50. The SMILES string of the molecule is O=C(c1cnc(-c2ccccc2)s1)N1CCC[C@H](n2cccn2)C1. The highest BCUT2D eigenvalue weighted by Gasteiger charge is 2.26. The molecule has 2 aromatic heterocycles. The van der Waals surface area contributed by atoms with Gasteiger partial charge >= 0.3 is 0 Å². The molecule has 0 bridgehead atoms. The number of hydrogen-bond donors (Lipinski definition) is 0. The van der Waals surface area contributed by atoms with Crippen LogP contribution in [0.15, 0.2) is 55.0 Å². The molecule has 3 heterocycles. The molecule has 1 saturated heterocycles. The molecule has 0 spiro atoms. The molecule has 122 valence electrons. The molecule has 5 nitrogen and oxygen atoms in total.